The van der Waals surface area contributed by atoms with E-state index in [2.05, 4.69) is 32.8 Å². The van der Waals surface area contributed by atoms with E-state index in [1.54, 1.807) is 12.1 Å². The summed E-state index contributed by atoms with van der Waals surface area (Å²) in [7, 11) is -3.63. The van der Waals surface area contributed by atoms with Crippen LogP contribution in [0.4, 0.5) is 0 Å². The maximum absolute atomic E-state index is 12.0. The Bertz CT molecular complexity index is 723. The van der Waals surface area contributed by atoms with Gasteiger partial charge in [-0.2, -0.15) is 13.5 Å². The van der Waals surface area contributed by atoms with Crippen LogP contribution >= 0.6 is 15.9 Å². The monoisotopic (exact) mass is 366 g/mol. The summed E-state index contributed by atoms with van der Waals surface area (Å²) in [6.45, 7) is 2.08. The van der Waals surface area contributed by atoms with E-state index >= 15 is 0 Å². The van der Waals surface area contributed by atoms with Crippen molar-refractivity contribution in [2.45, 2.75) is 18.2 Å². The molecule has 0 unspecified atom stereocenters. The first kappa shape index (κ1) is 15.7. The molecule has 0 aliphatic heterocycles. The Labute approximate surface area is 133 Å². The lowest BCUT2D eigenvalue weighted by atomic mass is 10.1. The second-order valence-corrected chi connectivity index (χ2v) is 6.98. The zero-order valence-electron chi connectivity index (χ0n) is 11.5. The summed E-state index contributed by atoms with van der Waals surface area (Å²) in [5.74, 6) is 0. The van der Waals surface area contributed by atoms with Crippen molar-refractivity contribution in [1.29, 1.82) is 0 Å². The number of nitrogens with one attached hydrogen (secondary N) is 1. The lowest BCUT2D eigenvalue weighted by Crippen LogP contribution is -2.18. The van der Waals surface area contributed by atoms with Crippen LogP contribution in [0.1, 0.15) is 18.1 Å². The molecule has 2 aromatic rings. The normalized spacial score (nSPS) is 11.7. The Morgan fingerprint density at radius 1 is 1.10 bits per heavy atom. The summed E-state index contributed by atoms with van der Waals surface area (Å²) >= 11 is 3.26. The smallest absolute Gasteiger partial charge is 0.200 e. The maximum Gasteiger partial charge on any atom is 0.276 e. The highest BCUT2D eigenvalue weighted by atomic mass is 79.9. The summed E-state index contributed by atoms with van der Waals surface area (Å²) < 4.78 is 24.8. The molecule has 0 fully saturated rings. The van der Waals surface area contributed by atoms with E-state index in [4.69, 9.17) is 0 Å². The largest absolute Gasteiger partial charge is 0.276 e. The highest BCUT2D eigenvalue weighted by Crippen LogP contribution is 2.14. The summed E-state index contributed by atoms with van der Waals surface area (Å²) in [6, 6.07) is 14.1. The van der Waals surface area contributed by atoms with Gasteiger partial charge < -0.3 is 0 Å². The first-order chi connectivity index (χ1) is 10.0. The first-order valence-electron chi connectivity index (χ1n) is 6.40. The van der Waals surface area contributed by atoms with E-state index in [1.807, 2.05) is 24.3 Å². The van der Waals surface area contributed by atoms with Crippen molar-refractivity contribution >= 4 is 32.2 Å². The van der Waals surface area contributed by atoms with Crippen LogP contribution in [0.25, 0.3) is 0 Å². The zero-order valence-corrected chi connectivity index (χ0v) is 13.9. The number of rotatable bonds is 5. The van der Waals surface area contributed by atoms with Gasteiger partial charge in [-0.1, -0.05) is 47.1 Å². The van der Waals surface area contributed by atoms with Crippen molar-refractivity contribution in [1.82, 2.24) is 4.83 Å². The van der Waals surface area contributed by atoms with Crippen LogP contribution in [0, 0.1) is 0 Å². The lowest BCUT2D eigenvalue weighted by Gasteiger charge is -2.03. The second kappa shape index (κ2) is 6.87. The molecule has 0 heterocycles. The predicted molar refractivity (Wildman–Crippen MR) is 87.9 cm³/mol. The number of aryl methyl sites for hydroxylation is 1. The van der Waals surface area contributed by atoms with Crippen LogP contribution in [0.2, 0.25) is 0 Å². The van der Waals surface area contributed by atoms with E-state index in [1.165, 1.54) is 23.9 Å². The van der Waals surface area contributed by atoms with Crippen molar-refractivity contribution in [3.63, 3.8) is 0 Å². The zero-order chi connectivity index (χ0) is 15.3. The van der Waals surface area contributed by atoms with Gasteiger partial charge in [-0.05, 0) is 41.8 Å². The summed E-state index contributed by atoms with van der Waals surface area (Å²) in [4.78, 5) is 2.37. The Balaban J connectivity index is 2.06. The average Bonchev–Trinajstić information content (AvgIpc) is 2.48. The minimum atomic E-state index is -3.63. The standard InChI is InChI=1S/C15H15BrN2O2S/c1-2-12-3-5-13(6-4-12)11-17-18-21(19,20)15-9-7-14(16)8-10-15/h3-11,18H,2H2,1H3/b17-11+. The van der Waals surface area contributed by atoms with Crippen molar-refractivity contribution in [2.24, 2.45) is 5.10 Å². The third kappa shape index (κ3) is 4.41. The second-order valence-electron chi connectivity index (χ2n) is 4.40. The van der Waals surface area contributed by atoms with Crippen LogP contribution in [-0.2, 0) is 16.4 Å². The topological polar surface area (TPSA) is 58.5 Å². The van der Waals surface area contributed by atoms with Crippen LogP contribution in [0.3, 0.4) is 0 Å². The molecule has 2 aromatic carbocycles. The molecule has 0 radical (unpaired) electrons. The number of nitrogens with zero attached hydrogens (tertiary/aromatic N) is 1. The van der Waals surface area contributed by atoms with Gasteiger partial charge >= 0.3 is 0 Å². The predicted octanol–water partition coefficient (Wildman–Crippen LogP) is 3.32. The maximum atomic E-state index is 12.0. The number of hydrogen-bond acceptors (Lipinski definition) is 3. The van der Waals surface area contributed by atoms with Crippen LogP contribution in [0.15, 0.2) is 63.0 Å². The van der Waals surface area contributed by atoms with Gasteiger partial charge in [0, 0.05) is 4.47 Å². The molecule has 1 N–H and O–H groups in total. The molecule has 0 aliphatic rings. The van der Waals surface area contributed by atoms with Gasteiger partial charge in [0.25, 0.3) is 10.0 Å². The third-order valence-electron chi connectivity index (χ3n) is 2.90. The molecule has 0 aliphatic carbocycles. The average molecular weight is 367 g/mol. The summed E-state index contributed by atoms with van der Waals surface area (Å²) in [5, 5.41) is 3.79. The Hall–Kier alpha value is -1.66. The highest BCUT2D eigenvalue weighted by Gasteiger charge is 2.11. The number of sulfonamides is 1. The molecular weight excluding hydrogens is 352 g/mol. The van der Waals surface area contributed by atoms with E-state index in [9.17, 15) is 8.42 Å². The van der Waals surface area contributed by atoms with E-state index in [0.717, 1.165) is 16.5 Å². The molecule has 0 saturated carbocycles. The van der Waals surface area contributed by atoms with Gasteiger partial charge in [-0.25, -0.2) is 4.83 Å². The van der Waals surface area contributed by atoms with E-state index in [-0.39, 0.29) is 4.90 Å². The Morgan fingerprint density at radius 3 is 2.29 bits per heavy atom. The Kier molecular flexibility index (Phi) is 5.14. The lowest BCUT2D eigenvalue weighted by molar-refractivity contribution is 0.584. The van der Waals surface area contributed by atoms with Gasteiger partial charge in [0.05, 0.1) is 11.1 Å². The molecule has 0 saturated heterocycles. The number of hydrogen-bond donors (Lipinski definition) is 1. The molecule has 110 valence electrons. The van der Waals surface area contributed by atoms with Crippen LogP contribution in [-0.4, -0.2) is 14.6 Å². The van der Waals surface area contributed by atoms with Crippen molar-refractivity contribution < 1.29 is 8.42 Å². The SMILES string of the molecule is CCc1ccc(/C=N/NS(=O)(=O)c2ccc(Br)cc2)cc1. The molecule has 2 rings (SSSR count). The van der Waals surface area contributed by atoms with Crippen LogP contribution < -0.4 is 4.83 Å². The van der Waals surface area contributed by atoms with Gasteiger partial charge in [0.1, 0.15) is 0 Å². The van der Waals surface area contributed by atoms with Gasteiger partial charge in [-0.15, -0.1) is 0 Å². The van der Waals surface area contributed by atoms with Gasteiger partial charge in [0.2, 0.25) is 0 Å². The molecule has 0 amide bonds. The quantitative estimate of drug-likeness (QED) is 0.651. The fraction of sp³-hybridized carbons (Fsp3) is 0.133. The molecular formula is C15H15BrN2O2S. The molecule has 0 bridgehead atoms. The molecule has 21 heavy (non-hydrogen) atoms. The van der Waals surface area contributed by atoms with Crippen molar-refractivity contribution in [3.8, 4) is 0 Å². The number of hydrazone groups is 1. The number of benzene rings is 2. The minimum Gasteiger partial charge on any atom is -0.200 e. The van der Waals surface area contributed by atoms with Crippen molar-refractivity contribution in [2.75, 3.05) is 0 Å². The van der Waals surface area contributed by atoms with Crippen LogP contribution in [0.5, 0.6) is 0 Å². The third-order valence-corrected chi connectivity index (χ3v) is 4.67. The van der Waals surface area contributed by atoms with E-state index in [0.29, 0.717) is 0 Å². The molecule has 4 nitrogen and oxygen atoms in total. The van der Waals surface area contributed by atoms with Gasteiger partial charge in [0.15, 0.2) is 0 Å². The molecule has 0 atom stereocenters. The number of halogens is 1. The summed E-state index contributed by atoms with van der Waals surface area (Å²) in [6.07, 6.45) is 2.45. The van der Waals surface area contributed by atoms with E-state index < -0.39 is 10.0 Å². The summed E-state index contributed by atoms with van der Waals surface area (Å²) in [5.41, 5.74) is 2.06. The molecule has 0 aromatic heterocycles. The highest BCUT2D eigenvalue weighted by molar-refractivity contribution is 9.10. The molecule has 0 spiro atoms. The minimum absolute atomic E-state index is 0.171. The Morgan fingerprint density at radius 2 is 1.71 bits per heavy atom. The first-order valence-corrected chi connectivity index (χ1v) is 8.68. The van der Waals surface area contributed by atoms with Crippen molar-refractivity contribution in [3.05, 3.63) is 64.1 Å². The molecule has 6 heteroatoms. The fourth-order valence-corrected chi connectivity index (χ4v) is 2.73. The van der Waals surface area contributed by atoms with Gasteiger partial charge in [-0.3, -0.25) is 0 Å². The fourth-order valence-electron chi connectivity index (χ4n) is 1.68.